The second-order valence-corrected chi connectivity index (χ2v) is 13.1. The van der Waals surface area contributed by atoms with Gasteiger partial charge in [0.2, 0.25) is 0 Å². The summed E-state index contributed by atoms with van der Waals surface area (Å²) in [6.07, 6.45) is -49.6. The van der Waals surface area contributed by atoms with Crippen LogP contribution >= 0.6 is 0 Å². The standard InChI is InChI=1S/C20H19F16NO3Si/c1-4-41(2,3)12-7-5-6-11(8-12)37-10-38-16(17(27,28)29,18(30,31)32)40-20(35,36)19(33,34)39-13(15(24,25)26)9-14(21,22)23/h4-8,13,37H,1,9-10H2,2-3H3. The van der Waals surface area contributed by atoms with Gasteiger partial charge in [0.25, 0.3) is 0 Å². The fourth-order valence-electron chi connectivity index (χ4n) is 2.76. The van der Waals surface area contributed by atoms with Gasteiger partial charge >= 0.3 is 42.7 Å². The van der Waals surface area contributed by atoms with Crippen LogP contribution in [0.5, 0.6) is 0 Å². The number of benzene rings is 1. The molecular weight excluding hydrogens is 634 g/mol. The van der Waals surface area contributed by atoms with Crippen LogP contribution in [-0.4, -0.2) is 63.6 Å². The molecule has 0 saturated heterocycles. The Kier molecular flexibility index (Phi) is 10.6. The van der Waals surface area contributed by atoms with Crippen molar-refractivity contribution in [1.82, 2.24) is 0 Å². The Hall–Kier alpha value is -2.26. The van der Waals surface area contributed by atoms with E-state index in [0.717, 1.165) is 6.07 Å². The van der Waals surface area contributed by atoms with Crippen molar-refractivity contribution in [3.8, 4) is 0 Å². The van der Waals surface area contributed by atoms with E-state index >= 15 is 0 Å². The van der Waals surface area contributed by atoms with Gasteiger partial charge in [0.1, 0.15) is 14.8 Å². The van der Waals surface area contributed by atoms with E-state index in [9.17, 15) is 70.2 Å². The van der Waals surface area contributed by atoms with Gasteiger partial charge in [-0.2, -0.15) is 70.2 Å². The Morgan fingerprint density at radius 2 is 1.34 bits per heavy atom. The lowest BCUT2D eigenvalue weighted by molar-refractivity contribution is -0.553. The topological polar surface area (TPSA) is 39.7 Å². The summed E-state index contributed by atoms with van der Waals surface area (Å²) in [5, 5.41) is 2.34. The molecule has 0 heterocycles. The Labute approximate surface area is 221 Å². The van der Waals surface area contributed by atoms with Gasteiger partial charge in [-0.3, -0.25) is 4.74 Å². The van der Waals surface area contributed by atoms with Crippen molar-refractivity contribution in [1.29, 1.82) is 0 Å². The Bertz CT molecular complexity index is 1020. The smallest absolute Gasteiger partial charge is 0.363 e. The average Bonchev–Trinajstić information content (AvgIpc) is 2.74. The van der Waals surface area contributed by atoms with E-state index in [1.807, 2.05) is 5.32 Å². The second-order valence-electron chi connectivity index (χ2n) is 8.69. The van der Waals surface area contributed by atoms with Crippen LogP contribution in [0.25, 0.3) is 0 Å². The molecule has 0 aromatic heterocycles. The molecule has 0 fully saturated rings. The molecular formula is C20H19F16NO3Si. The van der Waals surface area contributed by atoms with Crippen LogP contribution in [-0.2, 0) is 14.2 Å². The van der Waals surface area contributed by atoms with Gasteiger partial charge in [0.15, 0.2) is 6.10 Å². The molecule has 4 nitrogen and oxygen atoms in total. The number of alkyl halides is 16. The highest BCUT2D eigenvalue weighted by molar-refractivity contribution is 6.93. The van der Waals surface area contributed by atoms with E-state index in [-0.39, 0.29) is 5.69 Å². The van der Waals surface area contributed by atoms with Crippen molar-refractivity contribution in [2.75, 3.05) is 12.0 Å². The molecule has 0 amide bonds. The van der Waals surface area contributed by atoms with Crippen molar-refractivity contribution >= 4 is 18.9 Å². The molecule has 1 rings (SSSR count). The predicted molar refractivity (Wildman–Crippen MR) is 111 cm³/mol. The van der Waals surface area contributed by atoms with Gasteiger partial charge < -0.3 is 14.8 Å². The minimum atomic E-state index is -7.31. The molecule has 21 heteroatoms. The maximum absolute atomic E-state index is 14.1. The number of hydrogen-bond acceptors (Lipinski definition) is 4. The zero-order valence-electron chi connectivity index (χ0n) is 20.4. The first kappa shape index (κ1) is 36.8. The highest BCUT2D eigenvalue weighted by Crippen LogP contribution is 2.52. The van der Waals surface area contributed by atoms with Gasteiger partial charge in [0, 0.05) is 5.69 Å². The van der Waals surface area contributed by atoms with Gasteiger partial charge in [-0.1, -0.05) is 36.1 Å². The molecule has 1 atom stereocenters. The van der Waals surface area contributed by atoms with Crippen LogP contribution in [0.3, 0.4) is 0 Å². The molecule has 0 bridgehead atoms. The Balaban J connectivity index is 3.42. The molecule has 238 valence electrons. The molecule has 1 aromatic carbocycles. The van der Waals surface area contributed by atoms with E-state index in [1.165, 1.54) is 23.9 Å². The molecule has 1 aromatic rings. The summed E-state index contributed by atoms with van der Waals surface area (Å²) in [6, 6.07) is 5.06. The fourth-order valence-corrected chi connectivity index (χ4v) is 4.05. The monoisotopic (exact) mass is 653 g/mol. The van der Waals surface area contributed by atoms with Crippen molar-refractivity contribution in [3.63, 3.8) is 0 Å². The first-order valence-electron chi connectivity index (χ1n) is 10.5. The van der Waals surface area contributed by atoms with Crippen LogP contribution in [0.15, 0.2) is 36.5 Å². The van der Waals surface area contributed by atoms with E-state index < -0.39 is 70.0 Å². The molecule has 0 spiro atoms. The molecule has 0 aliphatic heterocycles. The first-order valence-corrected chi connectivity index (χ1v) is 13.6. The van der Waals surface area contributed by atoms with Crippen LogP contribution in [0, 0.1) is 0 Å². The molecule has 0 radical (unpaired) electrons. The van der Waals surface area contributed by atoms with E-state index in [0.29, 0.717) is 5.19 Å². The number of nitrogens with one attached hydrogen (secondary N) is 1. The molecule has 0 aliphatic rings. The lowest BCUT2D eigenvalue weighted by atomic mass is 10.2. The normalized spacial score (nSPS) is 15.6. The van der Waals surface area contributed by atoms with E-state index in [1.54, 1.807) is 13.1 Å². The highest BCUT2D eigenvalue weighted by atomic mass is 28.3. The van der Waals surface area contributed by atoms with Gasteiger partial charge in [-0.05, 0) is 12.1 Å². The number of rotatable bonds is 12. The zero-order chi connectivity index (χ0) is 32.5. The van der Waals surface area contributed by atoms with Crippen molar-refractivity contribution in [3.05, 3.63) is 36.5 Å². The Morgan fingerprint density at radius 3 is 1.76 bits per heavy atom. The zero-order valence-corrected chi connectivity index (χ0v) is 21.4. The van der Waals surface area contributed by atoms with Crippen molar-refractivity contribution < 1.29 is 84.5 Å². The summed E-state index contributed by atoms with van der Waals surface area (Å²) in [7, 11) is -2.36. The largest absolute Gasteiger partial charge is 0.453 e. The van der Waals surface area contributed by atoms with Crippen LogP contribution < -0.4 is 10.5 Å². The molecule has 0 saturated carbocycles. The lowest BCUT2D eigenvalue weighted by Crippen LogP contribution is -2.66. The summed E-state index contributed by atoms with van der Waals surface area (Å²) in [5.74, 6) is -6.66. The van der Waals surface area contributed by atoms with Gasteiger partial charge in [-0.15, -0.1) is 6.58 Å². The highest BCUT2D eigenvalue weighted by Gasteiger charge is 2.80. The summed E-state index contributed by atoms with van der Waals surface area (Å²) < 4.78 is 220. The third-order valence-electron chi connectivity index (χ3n) is 5.10. The molecule has 1 unspecified atom stereocenters. The van der Waals surface area contributed by atoms with Crippen molar-refractivity contribution in [2.45, 2.75) is 68.3 Å². The molecule has 41 heavy (non-hydrogen) atoms. The van der Waals surface area contributed by atoms with Crippen LogP contribution in [0.1, 0.15) is 6.42 Å². The molecule has 1 N–H and O–H groups in total. The third-order valence-corrected chi connectivity index (χ3v) is 7.92. The number of halogens is 16. The number of anilines is 1. The lowest BCUT2D eigenvalue weighted by Gasteiger charge is -2.40. The second kappa shape index (κ2) is 11.8. The van der Waals surface area contributed by atoms with E-state index in [4.69, 9.17) is 0 Å². The summed E-state index contributed by atoms with van der Waals surface area (Å²) in [4.78, 5) is 0. The molecule has 0 aliphatic carbocycles. The minimum Gasteiger partial charge on any atom is -0.363 e. The number of ether oxygens (including phenoxy) is 3. The summed E-state index contributed by atoms with van der Waals surface area (Å²) in [6.45, 7) is 5.00. The predicted octanol–water partition coefficient (Wildman–Crippen LogP) is 7.64. The Morgan fingerprint density at radius 1 is 0.829 bits per heavy atom. The first-order chi connectivity index (χ1) is 18.0. The SMILES string of the molecule is C=C[Si](C)(C)c1cccc(NCOC(OC(F)(F)C(F)(F)OC(CC(F)(F)F)C(F)(F)F)(C(F)(F)F)C(F)(F)F)c1. The summed E-state index contributed by atoms with van der Waals surface area (Å²) in [5.41, 5.74) is 1.28. The van der Waals surface area contributed by atoms with E-state index in [2.05, 4.69) is 20.8 Å². The maximum atomic E-state index is 14.1. The van der Waals surface area contributed by atoms with Gasteiger partial charge in [0.05, 0.1) is 6.42 Å². The van der Waals surface area contributed by atoms with Crippen LogP contribution in [0.4, 0.5) is 75.9 Å². The third kappa shape index (κ3) is 9.11. The quantitative estimate of drug-likeness (QED) is 0.143. The fraction of sp³-hybridized carbons (Fsp3) is 0.600. The maximum Gasteiger partial charge on any atom is 0.453 e. The summed E-state index contributed by atoms with van der Waals surface area (Å²) >= 11 is 0. The van der Waals surface area contributed by atoms with Crippen molar-refractivity contribution in [2.24, 2.45) is 0 Å². The van der Waals surface area contributed by atoms with Crippen LogP contribution in [0.2, 0.25) is 13.1 Å². The minimum absolute atomic E-state index is 0.260. The number of hydrogen-bond donors (Lipinski definition) is 1. The average molecular weight is 653 g/mol. The van der Waals surface area contributed by atoms with Gasteiger partial charge in [-0.25, -0.2) is 0 Å².